The summed E-state index contributed by atoms with van der Waals surface area (Å²) in [6, 6.07) is 1.59. The number of amides is 1. The van der Waals surface area contributed by atoms with Gasteiger partial charge in [0.2, 0.25) is 0 Å². The number of nitrogens with one attached hydrogen (secondary N) is 1. The van der Waals surface area contributed by atoms with E-state index >= 15 is 0 Å². The second-order valence-corrected chi connectivity index (χ2v) is 3.69. The molecule has 6 heteroatoms. The van der Waals surface area contributed by atoms with Crippen LogP contribution in [0.2, 0.25) is 0 Å². The molecule has 0 spiro atoms. The molecule has 6 nitrogen and oxygen atoms in total. The van der Waals surface area contributed by atoms with Crippen molar-refractivity contribution >= 4 is 11.9 Å². The van der Waals surface area contributed by atoms with Crippen molar-refractivity contribution < 1.29 is 14.7 Å². The lowest BCUT2D eigenvalue weighted by molar-refractivity contribution is -0.137. The quantitative estimate of drug-likeness (QED) is 0.692. The first-order valence-electron chi connectivity index (χ1n) is 5.67. The zero-order chi connectivity index (χ0) is 12.7. The maximum atomic E-state index is 11.7. The van der Waals surface area contributed by atoms with Crippen LogP contribution in [0.1, 0.15) is 36.7 Å². The lowest BCUT2D eigenvalue weighted by Crippen LogP contribution is -2.27. The minimum atomic E-state index is -0.905. The highest BCUT2D eigenvalue weighted by Crippen LogP contribution is 2.00. The SMILES string of the molecule is CCCCNC(=O)c1ccnn1CCC(=O)O. The monoisotopic (exact) mass is 239 g/mol. The van der Waals surface area contributed by atoms with Crippen LogP contribution in [0.5, 0.6) is 0 Å². The molecule has 1 amide bonds. The molecule has 0 aliphatic heterocycles. The zero-order valence-corrected chi connectivity index (χ0v) is 9.85. The predicted molar refractivity (Wildman–Crippen MR) is 61.7 cm³/mol. The molecule has 0 aliphatic rings. The van der Waals surface area contributed by atoms with Gasteiger partial charge in [-0.3, -0.25) is 14.3 Å². The summed E-state index contributed by atoms with van der Waals surface area (Å²) in [4.78, 5) is 22.2. The zero-order valence-electron chi connectivity index (χ0n) is 9.85. The third-order valence-corrected chi connectivity index (χ3v) is 2.30. The van der Waals surface area contributed by atoms with Crippen molar-refractivity contribution in [1.82, 2.24) is 15.1 Å². The van der Waals surface area contributed by atoms with Crippen molar-refractivity contribution in [3.8, 4) is 0 Å². The lowest BCUT2D eigenvalue weighted by atomic mass is 10.3. The molecule has 0 aromatic carbocycles. The molecule has 0 atom stereocenters. The number of nitrogens with zero attached hydrogens (tertiary/aromatic N) is 2. The molecular formula is C11H17N3O3. The molecule has 94 valence electrons. The molecule has 0 saturated carbocycles. The van der Waals surface area contributed by atoms with Gasteiger partial charge >= 0.3 is 5.97 Å². The summed E-state index contributed by atoms with van der Waals surface area (Å²) >= 11 is 0. The summed E-state index contributed by atoms with van der Waals surface area (Å²) in [5, 5.41) is 15.3. The van der Waals surface area contributed by atoms with Crippen LogP contribution in [-0.4, -0.2) is 33.3 Å². The largest absolute Gasteiger partial charge is 0.481 e. The van der Waals surface area contributed by atoms with E-state index in [1.165, 1.54) is 10.9 Å². The van der Waals surface area contributed by atoms with Gasteiger partial charge in [0.1, 0.15) is 5.69 Å². The molecule has 1 aromatic rings. The Balaban J connectivity index is 2.54. The van der Waals surface area contributed by atoms with Gasteiger partial charge in [-0.15, -0.1) is 0 Å². The normalized spacial score (nSPS) is 10.2. The number of unbranched alkanes of at least 4 members (excludes halogenated alkanes) is 1. The average Bonchev–Trinajstić information content (AvgIpc) is 2.74. The fraction of sp³-hybridized carbons (Fsp3) is 0.545. The number of carboxylic acids is 1. The molecular weight excluding hydrogens is 222 g/mol. The molecule has 1 heterocycles. The smallest absolute Gasteiger partial charge is 0.305 e. The summed E-state index contributed by atoms with van der Waals surface area (Å²) in [6.07, 6.45) is 3.39. The van der Waals surface area contributed by atoms with Crippen LogP contribution in [0.15, 0.2) is 12.3 Å². The van der Waals surface area contributed by atoms with Crippen molar-refractivity contribution in [2.24, 2.45) is 0 Å². The topological polar surface area (TPSA) is 84.2 Å². The third kappa shape index (κ3) is 4.26. The van der Waals surface area contributed by atoms with Crippen molar-refractivity contribution in [1.29, 1.82) is 0 Å². The first-order valence-corrected chi connectivity index (χ1v) is 5.67. The molecule has 0 saturated heterocycles. The second kappa shape index (κ2) is 6.67. The molecule has 0 aliphatic carbocycles. The van der Waals surface area contributed by atoms with E-state index in [4.69, 9.17) is 5.11 Å². The summed E-state index contributed by atoms with van der Waals surface area (Å²) in [5.74, 6) is -1.11. The van der Waals surface area contributed by atoms with Gasteiger partial charge in [0, 0.05) is 12.7 Å². The summed E-state index contributed by atoms with van der Waals surface area (Å²) in [6.45, 7) is 2.88. The maximum Gasteiger partial charge on any atom is 0.305 e. The summed E-state index contributed by atoms with van der Waals surface area (Å²) < 4.78 is 1.41. The van der Waals surface area contributed by atoms with E-state index in [9.17, 15) is 9.59 Å². The Morgan fingerprint density at radius 1 is 1.53 bits per heavy atom. The van der Waals surface area contributed by atoms with Crippen LogP contribution in [0.3, 0.4) is 0 Å². The van der Waals surface area contributed by atoms with E-state index in [-0.39, 0.29) is 18.9 Å². The number of hydrogen-bond donors (Lipinski definition) is 2. The molecule has 0 radical (unpaired) electrons. The number of carbonyl (C=O) groups excluding carboxylic acids is 1. The fourth-order valence-corrected chi connectivity index (χ4v) is 1.37. The number of aliphatic carboxylic acids is 1. The van der Waals surface area contributed by atoms with Gasteiger partial charge in [-0.25, -0.2) is 0 Å². The van der Waals surface area contributed by atoms with E-state index in [1.807, 2.05) is 6.92 Å². The van der Waals surface area contributed by atoms with E-state index in [0.29, 0.717) is 12.2 Å². The highest BCUT2D eigenvalue weighted by Gasteiger charge is 2.11. The van der Waals surface area contributed by atoms with Gasteiger partial charge in [0.25, 0.3) is 5.91 Å². The number of aromatic nitrogens is 2. The van der Waals surface area contributed by atoms with Crippen LogP contribution < -0.4 is 5.32 Å². The molecule has 0 bridgehead atoms. The standard InChI is InChI=1S/C11H17N3O3/c1-2-3-6-12-11(17)9-4-7-13-14(9)8-5-10(15)16/h4,7H,2-3,5-6,8H2,1H3,(H,12,17)(H,15,16). The van der Waals surface area contributed by atoms with E-state index in [1.54, 1.807) is 6.07 Å². The molecule has 0 unspecified atom stereocenters. The Labute approximate surface area is 99.6 Å². The molecule has 17 heavy (non-hydrogen) atoms. The van der Waals surface area contributed by atoms with Crippen molar-refractivity contribution in [2.45, 2.75) is 32.7 Å². The lowest BCUT2D eigenvalue weighted by Gasteiger charge is -2.06. The van der Waals surface area contributed by atoms with Crippen LogP contribution in [-0.2, 0) is 11.3 Å². The molecule has 2 N–H and O–H groups in total. The first kappa shape index (κ1) is 13.2. The Hall–Kier alpha value is -1.85. The number of aryl methyl sites for hydroxylation is 1. The van der Waals surface area contributed by atoms with Gasteiger partial charge in [-0.05, 0) is 12.5 Å². The minimum absolute atomic E-state index is 0.0447. The highest BCUT2D eigenvalue weighted by atomic mass is 16.4. The van der Waals surface area contributed by atoms with Gasteiger partial charge < -0.3 is 10.4 Å². The predicted octanol–water partition coefficient (Wildman–Crippen LogP) is 0.888. The van der Waals surface area contributed by atoms with Gasteiger partial charge in [-0.2, -0.15) is 5.10 Å². The van der Waals surface area contributed by atoms with Crippen LogP contribution >= 0.6 is 0 Å². The van der Waals surface area contributed by atoms with Gasteiger partial charge in [0.05, 0.1) is 13.0 Å². The third-order valence-electron chi connectivity index (χ3n) is 2.30. The molecule has 0 fully saturated rings. The Bertz CT molecular complexity index is 387. The van der Waals surface area contributed by atoms with Gasteiger partial charge in [-0.1, -0.05) is 13.3 Å². The fourth-order valence-electron chi connectivity index (χ4n) is 1.37. The highest BCUT2D eigenvalue weighted by molar-refractivity contribution is 5.92. The number of hydrogen-bond acceptors (Lipinski definition) is 3. The Morgan fingerprint density at radius 3 is 2.94 bits per heavy atom. The number of rotatable bonds is 7. The summed E-state index contributed by atoms with van der Waals surface area (Å²) in [7, 11) is 0. The van der Waals surface area contributed by atoms with Crippen LogP contribution in [0, 0.1) is 0 Å². The molecule has 1 rings (SSSR count). The molecule has 1 aromatic heterocycles. The summed E-state index contributed by atoms with van der Waals surface area (Å²) in [5.41, 5.74) is 0.405. The number of carbonyl (C=O) groups is 2. The van der Waals surface area contributed by atoms with E-state index in [0.717, 1.165) is 12.8 Å². The van der Waals surface area contributed by atoms with Crippen molar-refractivity contribution in [2.75, 3.05) is 6.54 Å². The maximum absolute atomic E-state index is 11.7. The Kier molecular flexibility index (Phi) is 5.19. The Morgan fingerprint density at radius 2 is 2.29 bits per heavy atom. The first-order chi connectivity index (χ1) is 8.15. The van der Waals surface area contributed by atoms with E-state index in [2.05, 4.69) is 10.4 Å². The van der Waals surface area contributed by atoms with E-state index < -0.39 is 5.97 Å². The minimum Gasteiger partial charge on any atom is -0.481 e. The van der Waals surface area contributed by atoms with Gasteiger partial charge in [0.15, 0.2) is 0 Å². The van der Waals surface area contributed by atoms with Crippen LogP contribution in [0.25, 0.3) is 0 Å². The number of carboxylic acid groups (broad SMARTS) is 1. The van der Waals surface area contributed by atoms with Crippen molar-refractivity contribution in [3.05, 3.63) is 18.0 Å². The second-order valence-electron chi connectivity index (χ2n) is 3.69. The average molecular weight is 239 g/mol. The van der Waals surface area contributed by atoms with Crippen molar-refractivity contribution in [3.63, 3.8) is 0 Å². The van der Waals surface area contributed by atoms with Crippen LogP contribution in [0.4, 0.5) is 0 Å².